The van der Waals surface area contributed by atoms with E-state index < -0.39 is 0 Å². The molecule has 1 aliphatic rings. The number of rotatable bonds is 6. The van der Waals surface area contributed by atoms with Gasteiger partial charge in [-0.25, -0.2) is 0 Å². The Hall–Kier alpha value is -0.380. The Balaban J connectivity index is 1.73. The largest absolute Gasteiger partial charge is 0.309 e. The molecule has 1 aromatic rings. The number of piperidine rings is 1. The highest BCUT2D eigenvalue weighted by atomic mass is 32.1. The summed E-state index contributed by atoms with van der Waals surface area (Å²) >= 11 is 1.96. The van der Waals surface area contributed by atoms with Crippen molar-refractivity contribution in [2.75, 3.05) is 26.2 Å². The summed E-state index contributed by atoms with van der Waals surface area (Å²) in [5.74, 6) is 0.871. The van der Waals surface area contributed by atoms with Crippen LogP contribution in [0.2, 0.25) is 0 Å². The van der Waals surface area contributed by atoms with Crippen LogP contribution in [0.15, 0.2) is 12.1 Å². The normalized spacial score (nSPS) is 19.7. The first-order valence-corrected chi connectivity index (χ1v) is 8.58. The van der Waals surface area contributed by atoms with E-state index in [0.29, 0.717) is 6.04 Å². The Bertz CT molecular complexity index is 367. The van der Waals surface area contributed by atoms with Crippen LogP contribution in [0.3, 0.4) is 0 Å². The van der Waals surface area contributed by atoms with E-state index >= 15 is 0 Å². The number of hydrogen-bond donors (Lipinski definition) is 1. The molecule has 1 aliphatic heterocycles. The smallest absolute Gasteiger partial charge is 0.0386 e. The van der Waals surface area contributed by atoms with Gasteiger partial charge in [-0.3, -0.25) is 0 Å². The molecule has 1 atom stereocenters. The number of nitrogens with zero attached hydrogens (tertiary/aromatic N) is 1. The molecular weight excluding hydrogens is 252 g/mol. The molecular formula is C16H28N2S. The molecule has 3 heteroatoms. The Morgan fingerprint density at radius 3 is 2.63 bits per heavy atom. The Labute approximate surface area is 122 Å². The van der Waals surface area contributed by atoms with Gasteiger partial charge in [0.25, 0.3) is 0 Å². The van der Waals surface area contributed by atoms with Crippen molar-refractivity contribution >= 4 is 11.3 Å². The molecule has 0 radical (unpaired) electrons. The molecule has 1 fully saturated rings. The van der Waals surface area contributed by atoms with Crippen LogP contribution in [-0.4, -0.2) is 31.1 Å². The van der Waals surface area contributed by atoms with E-state index in [2.05, 4.69) is 43.1 Å². The summed E-state index contributed by atoms with van der Waals surface area (Å²) in [5, 5.41) is 3.73. The van der Waals surface area contributed by atoms with E-state index in [4.69, 9.17) is 0 Å². The second kappa shape index (κ2) is 7.41. The first-order chi connectivity index (χ1) is 9.22. The second-order valence-electron chi connectivity index (χ2n) is 5.67. The van der Waals surface area contributed by atoms with Crippen LogP contribution in [0.25, 0.3) is 0 Å². The Morgan fingerprint density at radius 2 is 2.05 bits per heavy atom. The molecule has 1 aromatic heterocycles. The lowest BCUT2D eigenvalue weighted by atomic mass is 9.96. The lowest BCUT2D eigenvalue weighted by Gasteiger charge is -2.31. The van der Waals surface area contributed by atoms with Gasteiger partial charge < -0.3 is 10.2 Å². The van der Waals surface area contributed by atoms with Crippen molar-refractivity contribution in [2.45, 2.75) is 46.1 Å². The summed E-state index contributed by atoms with van der Waals surface area (Å²) < 4.78 is 0. The summed E-state index contributed by atoms with van der Waals surface area (Å²) in [6, 6.07) is 5.08. The topological polar surface area (TPSA) is 15.3 Å². The van der Waals surface area contributed by atoms with Crippen LogP contribution in [0.1, 0.15) is 49.4 Å². The summed E-state index contributed by atoms with van der Waals surface area (Å²) in [7, 11) is 0. The van der Waals surface area contributed by atoms with Gasteiger partial charge in [-0.1, -0.05) is 13.8 Å². The maximum Gasteiger partial charge on any atom is 0.0386 e. The van der Waals surface area contributed by atoms with Gasteiger partial charge in [0.15, 0.2) is 0 Å². The molecule has 1 saturated heterocycles. The van der Waals surface area contributed by atoms with Crippen LogP contribution in [0.5, 0.6) is 0 Å². The van der Waals surface area contributed by atoms with E-state index in [9.17, 15) is 0 Å². The molecule has 2 heterocycles. The first kappa shape index (κ1) is 15.0. The predicted molar refractivity (Wildman–Crippen MR) is 85.0 cm³/mol. The van der Waals surface area contributed by atoms with Crippen LogP contribution in [-0.2, 0) is 6.42 Å². The molecule has 19 heavy (non-hydrogen) atoms. The van der Waals surface area contributed by atoms with Crippen molar-refractivity contribution in [1.29, 1.82) is 0 Å². The van der Waals surface area contributed by atoms with Gasteiger partial charge in [0.1, 0.15) is 0 Å². The molecule has 1 N–H and O–H groups in total. The van der Waals surface area contributed by atoms with Crippen LogP contribution < -0.4 is 5.32 Å². The fraction of sp³-hybridized carbons (Fsp3) is 0.750. The van der Waals surface area contributed by atoms with Crippen LogP contribution in [0.4, 0.5) is 0 Å². The Morgan fingerprint density at radius 1 is 1.32 bits per heavy atom. The number of nitrogens with one attached hydrogen (secondary N) is 1. The van der Waals surface area contributed by atoms with Gasteiger partial charge in [-0.05, 0) is 70.4 Å². The minimum atomic E-state index is 0.509. The first-order valence-electron chi connectivity index (χ1n) is 7.77. The van der Waals surface area contributed by atoms with Gasteiger partial charge in [0.05, 0.1) is 0 Å². The fourth-order valence-electron chi connectivity index (χ4n) is 2.77. The predicted octanol–water partition coefficient (Wildman–Crippen LogP) is 3.69. The molecule has 2 nitrogen and oxygen atoms in total. The van der Waals surface area contributed by atoms with Gasteiger partial charge in [0.2, 0.25) is 0 Å². The summed E-state index contributed by atoms with van der Waals surface area (Å²) in [5.41, 5.74) is 0. The molecule has 0 bridgehead atoms. The monoisotopic (exact) mass is 280 g/mol. The summed E-state index contributed by atoms with van der Waals surface area (Å²) in [6.07, 6.45) is 3.88. The third-order valence-corrected chi connectivity index (χ3v) is 5.74. The van der Waals surface area contributed by atoms with Crippen molar-refractivity contribution < 1.29 is 0 Å². The average molecular weight is 280 g/mol. The lowest BCUT2D eigenvalue weighted by Crippen LogP contribution is -2.37. The van der Waals surface area contributed by atoms with E-state index in [0.717, 1.165) is 12.3 Å². The average Bonchev–Trinajstić information content (AvgIpc) is 2.94. The highest BCUT2D eigenvalue weighted by molar-refractivity contribution is 7.12. The van der Waals surface area contributed by atoms with E-state index in [1.54, 1.807) is 0 Å². The van der Waals surface area contributed by atoms with Gasteiger partial charge in [-0.2, -0.15) is 0 Å². The summed E-state index contributed by atoms with van der Waals surface area (Å²) in [6.45, 7) is 11.8. The van der Waals surface area contributed by atoms with Crippen molar-refractivity contribution in [3.05, 3.63) is 21.9 Å². The lowest BCUT2D eigenvalue weighted by molar-refractivity contribution is 0.188. The molecule has 0 saturated carbocycles. The van der Waals surface area contributed by atoms with Crippen molar-refractivity contribution in [1.82, 2.24) is 10.2 Å². The van der Waals surface area contributed by atoms with Gasteiger partial charge >= 0.3 is 0 Å². The quantitative estimate of drug-likeness (QED) is 0.855. The standard InChI is InChI=1S/C16H28N2S/c1-4-15-6-7-16(19-15)13(3)17-12-14-8-10-18(5-2)11-9-14/h6-7,13-14,17H,4-5,8-12H2,1-3H3. The highest BCUT2D eigenvalue weighted by Crippen LogP contribution is 2.24. The molecule has 0 amide bonds. The number of likely N-dealkylation sites (tertiary alicyclic amines) is 1. The minimum Gasteiger partial charge on any atom is -0.309 e. The van der Waals surface area contributed by atoms with E-state index in [1.807, 2.05) is 11.3 Å². The molecule has 0 aromatic carbocycles. The SMILES string of the molecule is CCc1ccc(C(C)NCC2CCN(CC)CC2)s1. The van der Waals surface area contributed by atoms with Gasteiger partial charge in [-0.15, -0.1) is 11.3 Å². The number of aryl methyl sites for hydroxylation is 1. The molecule has 0 spiro atoms. The maximum absolute atomic E-state index is 3.73. The summed E-state index contributed by atoms with van der Waals surface area (Å²) in [4.78, 5) is 5.55. The van der Waals surface area contributed by atoms with Crippen molar-refractivity contribution in [3.8, 4) is 0 Å². The molecule has 108 valence electrons. The molecule has 0 aliphatic carbocycles. The minimum absolute atomic E-state index is 0.509. The zero-order chi connectivity index (χ0) is 13.7. The Kier molecular flexibility index (Phi) is 5.86. The second-order valence-corrected chi connectivity index (χ2v) is 6.87. The van der Waals surface area contributed by atoms with Crippen molar-refractivity contribution in [2.24, 2.45) is 5.92 Å². The number of thiophene rings is 1. The molecule has 1 unspecified atom stereocenters. The fourth-order valence-corrected chi connectivity index (χ4v) is 3.75. The third-order valence-electron chi connectivity index (χ3n) is 4.32. The van der Waals surface area contributed by atoms with Crippen LogP contribution in [0, 0.1) is 5.92 Å². The van der Waals surface area contributed by atoms with Crippen molar-refractivity contribution in [3.63, 3.8) is 0 Å². The van der Waals surface area contributed by atoms with Crippen LogP contribution >= 0.6 is 11.3 Å². The highest BCUT2D eigenvalue weighted by Gasteiger charge is 2.18. The van der Waals surface area contributed by atoms with E-state index in [-0.39, 0.29) is 0 Å². The zero-order valence-electron chi connectivity index (χ0n) is 12.6. The van der Waals surface area contributed by atoms with Gasteiger partial charge in [0, 0.05) is 15.8 Å². The zero-order valence-corrected chi connectivity index (χ0v) is 13.4. The maximum atomic E-state index is 3.73. The van der Waals surface area contributed by atoms with E-state index in [1.165, 1.54) is 48.8 Å². The molecule has 2 rings (SSSR count). The third kappa shape index (κ3) is 4.30. The number of hydrogen-bond acceptors (Lipinski definition) is 3.